The first-order valence-electron chi connectivity index (χ1n) is 17.5. The largest absolute Gasteiger partial charge is 0.480 e. The fraction of sp³-hybridized carbons (Fsp3) is 0.579. The molecule has 274 valence electrons. The summed E-state index contributed by atoms with van der Waals surface area (Å²) in [5.74, 6) is -1.48. The molecule has 2 bridgehead atoms. The quantitative estimate of drug-likeness (QED) is 0.239. The summed E-state index contributed by atoms with van der Waals surface area (Å²) in [4.78, 5) is 54.0. The molecule has 4 N–H and O–H groups in total. The van der Waals surface area contributed by atoms with Gasteiger partial charge in [-0.05, 0) is 67.9 Å². The van der Waals surface area contributed by atoms with Gasteiger partial charge in [0, 0.05) is 20.1 Å². The summed E-state index contributed by atoms with van der Waals surface area (Å²) in [6, 6.07) is 16.6. The Kier molecular flexibility index (Phi) is 12.7. The maximum atomic E-state index is 13.8. The van der Waals surface area contributed by atoms with Gasteiger partial charge in [-0.1, -0.05) is 81.4 Å². The third-order valence-electron chi connectivity index (χ3n) is 11.0. The molecule has 1 heterocycles. The normalized spacial score (nSPS) is 25.9. The number of carbonyl (C=O) groups excluding carboxylic acids is 3. The van der Waals surface area contributed by atoms with E-state index in [1.165, 1.54) is 12.0 Å². The number of fused-ring (bicyclic) bond motifs is 2. The van der Waals surface area contributed by atoms with Crippen LogP contribution in [-0.2, 0) is 36.9 Å². The second kappa shape index (κ2) is 16.3. The van der Waals surface area contributed by atoms with Crippen LogP contribution in [0.25, 0.3) is 0 Å². The highest BCUT2D eigenvalue weighted by atomic mass is 16.5. The van der Waals surface area contributed by atoms with Gasteiger partial charge in [-0.2, -0.15) is 0 Å². The lowest BCUT2D eigenvalue weighted by Gasteiger charge is -2.68. The Morgan fingerprint density at radius 1 is 0.980 bits per heavy atom. The Balaban J connectivity index is 0.000000390. The number of carbonyl (C=O) groups is 4. The van der Waals surface area contributed by atoms with Crippen LogP contribution >= 0.6 is 0 Å². The van der Waals surface area contributed by atoms with Crippen molar-refractivity contribution in [1.29, 1.82) is 0 Å². The van der Waals surface area contributed by atoms with Gasteiger partial charge in [-0.15, -0.1) is 0 Å². The minimum atomic E-state index is -1.17. The number of nitrogens with one attached hydrogen (secondary N) is 1. The number of hydrogen-bond donors (Lipinski definition) is 4. The predicted molar refractivity (Wildman–Crippen MR) is 186 cm³/mol. The molecule has 2 aromatic rings. The molecule has 50 heavy (non-hydrogen) atoms. The number of aliphatic hydroxyl groups is 2. The van der Waals surface area contributed by atoms with Crippen molar-refractivity contribution in [2.45, 2.75) is 109 Å². The van der Waals surface area contributed by atoms with Crippen LogP contribution in [-0.4, -0.2) is 98.7 Å². The van der Waals surface area contributed by atoms with Crippen LogP contribution in [0.15, 0.2) is 60.7 Å². The number of amides is 3. The molecule has 4 aliphatic rings. The number of likely N-dealkylation sites (tertiary alicyclic amines) is 1. The Labute approximate surface area is 294 Å². The smallest absolute Gasteiger partial charge is 0.408 e. The maximum Gasteiger partial charge on any atom is 0.408 e. The highest BCUT2D eigenvalue weighted by molar-refractivity contribution is 5.93. The van der Waals surface area contributed by atoms with Gasteiger partial charge >= 0.3 is 12.1 Å². The maximum absolute atomic E-state index is 13.8. The van der Waals surface area contributed by atoms with E-state index in [9.17, 15) is 34.5 Å². The number of nitrogens with zero attached hydrogens (tertiary/aromatic N) is 2. The van der Waals surface area contributed by atoms with Crippen molar-refractivity contribution in [2.75, 3.05) is 20.2 Å². The average molecular weight is 696 g/mol. The Bertz CT molecular complexity index is 1450. The van der Waals surface area contributed by atoms with Gasteiger partial charge in [0.25, 0.3) is 0 Å². The van der Waals surface area contributed by atoms with Gasteiger partial charge in [-0.25, -0.2) is 4.79 Å². The van der Waals surface area contributed by atoms with Crippen LogP contribution < -0.4 is 5.32 Å². The lowest BCUT2D eigenvalue weighted by molar-refractivity contribution is -0.312. The van der Waals surface area contributed by atoms with Crippen LogP contribution in [0.2, 0.25) is 0 Å². The first kappa shape index (κ1) is 38.8. The van der Waals surface area contributed by atoms with E-state index in [4.69, 9.17) is 9.47 Å². The van der Waals surface area contributed by atoms with E-state index >= 15 is 0 Å². The molecule has 12 nitrogen and oxygen atoms in total. The second-order valence-corrected chi connectivity index (χ2v) is 14.4. The van der Waals surface area contributed by atoms with Gasteiger partial charge in [0.05, 0.1) is 11.2 Å². The van der Waals surface area contributed by atoms with E-state index in [1.807, 2.05) is 60.7 Å². The number of carboxylic acids is 1. The number of carboxylic acid groups (broad SMARTS) is 1. The van der Waals surface area contributed by atoms with Gasteiger partial charge in [-0.3, -0.25) is 14.4 Å². The molecule has 0 aromatic heterocycles. The highest BCUT2D eigenvalue weighted by Gasteiger charge is 2.69. The summed E-state index contributed by atoms with van der Waals surface area (Å²) in [5.41, 5.74) is -0.154. The number of aliphatic carboxylic acids is 1. The molecule has 0 spiro atoms. The molecule has 2 aromatic carbocycles. The zero-order valence-corrected chi connectivity index (χ0v) is 29.8. The van der Waals surface area contributed by atoms with Crippen LogP contribution in [0.5, 0.6) is 0 Å². The predicted octanol–water partition coefficient (Wildman–Crippen LogP) is 4.12. The van der Waals surface area contributed by atoms with Crippen molar-refractivity contribution in [1.82, 2.24) is 15.1 Å². The summed E-state index contributed by atoms with van der Waals surface area (Å²) in [5, 5.41) is 32.3. The lowest BCUT2D eigenvalue weighted by Crippen LogP contribution is -2.74. The Morgan fingerprint density at radius 3 is 2.12 bits per heavy atom. The lowest BCUT2D eigenvalue weighted by atomic mass is 9.41. The fourth-order valence-corrected chi connectivity index (χ4v) is 7.74. The summed E-state index contributed by atoms with van der Waals surface area (Å²) >= 11 is 0. The van der Waals surface area contributed by atoms with Crippen LogP contribution in [0.4, 0.5) is 4.79 Å². The molecule has 6 rings (SSSR count). The van der Waals surface area contributed by atoms with Gasteiger partial charge < -0.3 is 39.9 Å². The number of benzene rings is 2. The van der Waals surface area contributed by atoms with Gasteiger partial charge in [0.15, 0.2) is 0 Å². The van der Waals surface area contributed by atoms with Crippen LogP contribution in [0.3, 0.4) is 0 Å². The molecule has 12 heteroatoms. The van der Waals surface area contributed by atoms with Gasteiger partial charge in [0.1, 0.15) is 31.5 Å². The monoisotopic (exact) mass is 695 g/mol. The molecule has 3 aliphatic carbocycles. The standard InChI is InChI=1S/C28H35N3O7.C10H18O2/c1-3-24(37-2)31(18-25(32)33)27(35)23-15-10-16-30(23)26(34)22(17-20-11-6-4-7-12-20)29-28(36)38-19-21-13-8-5-9-14-21;1-8(2)7-4-5-9(3,11)10(8,12)6-7/h4-9,11-14,22-24H,3,10,15-19H2,1-2H3,(H,29,36)(H,32,33);7,11-12H,4-6H2,1-3H3/t22-,23-,24?;/m0./s1. The van der Waals surface area contributed by atoms with E-state index in [0.717, 1.165) is 35.3 Å². The molecular formula is C38H53N3O9. The number of rotatable bonds is 12. The summed E-state index contributed by atoms with van der Waals surface area (Å²) in [6.45, 7) is 7.50. The zero-order chi connectivity index (χ0) is 36.7. The number of ether oxygens (including phenoxy) is 2. The SMILES string of the molecule is CC1(O)CCC2CC1(O)C2(C)C.CCC(OC)N(CC(=O)O)C(=O)[C@@H]1CCCN1C(=O)[C@H](Cc1ccccc1)NC(=O)OCc1ccccc1. The highest BCUT2D eigenvalue weighted by Crippen LogP contribution is 2.65. The van der Waals surface area contributed by atoms with Crippen molar-refractivity contribution in [3.05, 3.63) is 71.8 Å². The minimum absolute atomic E-state index is 0.0450. The molecular weight excluding hydrogens is 642 g/mol. The average Bonchev–Trinajstić information content (AvgIpc) is 3.59. The number of hydrogen-bond acceptors (Lipinski definition) is 8. The third-order valence-corrected chi connectivity index (χ3v) is 11.0. The molecule has 6 atom stereocenters. The molecule has 1 aliphatic heterocycles. The Morgan fingerprint density at radius 2 is 1.60 bits per heavy atom. The molecule has 3 saturated carbocycles. The first-order valence-corrected chi connectivity index (χ1v) is 17.5. The van der Waals surface area contributed by atoms with E-state index in [0.29, 0.717) is 31.7 Å². The van der Waals surface area contributed by atoms with Crippen molar-refractivity contribution in [3.63, 3.8) is 0 Å². The Hall–Kier alpha value is -4.00. The van der Waals surface area contributed by atoms with Crippen molar-refractivity contribution >= 4 is 23.9 Å². The molecule has 4 fully saturated rings. The summed E-state index contributed by atoms with van der Waals surface area (Å²) in [6.07, 6.45) is 2.66. The zero-order valence-electron chi connectivity index (χ0n) is 29.8. The second-order valence-electron chi connectivity index (χ2n) is 14.4. The van der Waals surface area contributed by atoms with Crippen LogP contribution in [0, 0.1) is 11.3 Å². The molecule has 1 saturated heterocycles. The topological polar surface area (TPSA) is 166 Å². The number of methoxy groups -OCH3 is 1. The van der Waals surface area contributed by atoms with Crippen molar-refractivity contribution < 1.29 is 44.0 Å². The van der Waals surface area contributed by atoms with Crippen LogP contribution in [0.1, 0.15) is 77.3 Å². The fourth-order valence-electron chi connectivity index (χ4n) is 7.74. The summed E-state index contributed by atoms with van der Waals surface area (Å²) in [7, 11) is 1.41. The molecule has 3 amide bonds. The number of alkyl carbamates (subject to hydrolysis) is 1. The summed E-state index contributed by atoms with van der Waals surface area (Å²) < 4.78 is 10.7. The van der Waals surface area contributed by atoms with E-state index < -0.39 is 59.9 Å². The van der Waals surface area contributed by atoms with E-state index in [1.54, 1.807) is 13.8 Å². The van der Waals surface area contributed by atoms with Crippen molar-refractivity contribution in [2.24, 2.45) is 11.3 Å². The van der Waals surface area contributed by atoms with E-state index in [-0.39, 0.29) is 18.4 Å². The molecule has 4 unspecified atom stereocenters. The van der Waals surface area contributed by atoms with E-state index in [2.05, 4.69) is 19.2 Å². The first-order chi connectivity index (χ1) is 23.6. The minimum Gasteiger partial charge on any atom is -0.480 e. The third kappa shape index (κ3) is 8.47. The molecule has 0 radical (unpaired) electrons. The van der Waals surface area contributed by atoms with Crippen molar-refractivity contribution in [3.8, 4) is 0 Å². The van der Waals surface area contributed by atoms with Gasteiger partial charge in [0.2, 0.25) is 11.8 Å².